The number of carbonyl (C=O) groups is 2. The van der Waals surface area contributed by atoms with Crippen LogP contribution < -0.4 is 15.4 Å². The quantitative estimate of drug-likeness (QED) is 0.455. The SMILES string of the molecule is CC(NC(=O)c1ccc(NS(=O)(=O)c2cccs2)cc1)c1ccc(NC(=O)C2CC2)cc1. The van der Waals surface area contributed by atoms with Crippen LogP contribution in [0.3, 0.4) is 0 Å². The van der Waals surface area contributed by atoms with Crippen LogP contribution in [0.4, 0.5) is 11.4 Å². The summed E-state index contributed by atoms with van der Waals surface area (Å²) < 4.78 is 27.3. The first kappa shape index (κ1) is 22.0. The van der Waals surface area contributed by atoms with Gasteiger partial charge in [-0.3, -0.25) is 14.3 Å². The Bertz CT molecular complexity index is 1200. The topological polar surface area (TPSA) is 104 Å². The summed E-state index contributed by atoms with van der Waals surface area (Å²) >= 11 is 1.13. The minimum absolute atomic E-state index is 0.0558. The van der Waals surface area contributed by atoms with E-state index in [1.165, 1.54) is 6.07 Å². The Kier molecular flexibility index (Phi) is 6.29. The van der Waals surface area contributed by atoms with E-state index in [9.17, 15) is 18.0 Å². The number of anilines is 2. The smallest absolute Gasteiger partial charge is 0.271 e. The van der Waals surface area contributed by atoms with Crippen molar-refractivity contribution in [2.45, 2.75) is 30.0 Å². The molecule has 3 N–H and O–H groups in total. The first-order chi connectivity index (χ1) is 15.3. The van der Waals surface area contributed by atoms with Crippen LogP contribution in [0, 0.1) is 5.92 Å². The van der Waals surface area contributed by atoms with E-state index >= 15 is 0 Å². The predicted molar refractivity (Wildman–Crippen MR) is 125 cm³/mol. The van der Waals surface area contributed by atoms with Gasteiger partial charge in [0.25, 0.3) is 15.9 Å². The lowest BCUT2D eigenvalue weighted by Crippen LogP contribution is -2.26. The number of hydrogen-bond acceptors (Lipinski definition) is 5. The van der Waals surface area contributed by atoms with E-state index in [1.54, 1.807) is 35.7 Å². The van der Waals surface area contributed by atoms with Crippen molar-refractivity contribution < 1.29 is 18.0 Å². The van der Waals surface area contributed by atoms with Crippen molar-refractivity contribution >= 4 is 44.5 Å². The number of amides is 2. The lowest BCUT2D eigenvalue weighted by atomic mass is 10.1. The Morgan fingerprint density at radius 3 is 2.22 bits per heavy atom. The molecule has 32 heavy (non-hydrogen) atoms. The maximum absolute atomic E-state index is 12.6. The zero-order chi connectivity index (χ0) is 22.7. The molecule has 1 atom stereocenters. The molecule has 0 saturated heterocycles. The van der Waals surface area contributed by atoms with E-state index < -0.39 is 10.0 Å². The highest BCUT2D eigenvalue weighted by Gasteiger charge is 2.29. The monoisotopic (exact) mass is 469 g/mol. The number of carbonyl (C=O) groups excluding carboxylic acids is 2. The van der Waals surface area contributed by atoms with Crippen molar-refractivity contribution in [3.05, 3.63) is 77.2 Å². The molecule has 1 heterocycles. The van der Waals surface area contributed by atoms with Gasteiger partial charge in [0.05, 0.1) is 6.04 Å². The van der Waals surface area contributed by atoms with E-state index in [4.69, 9.17) is 0 Å². The first-order valence-corrected chi connectivity index (χ1v) is 12.6. The van der Waals surface area contributed by atoms with Crippen molar-refractivity contribution in [1.29, 1.82) is 0 Å². The van der Waals surface area contributed by atoms with Crippen LogP contribution in [-0.2, 0) is 14.8 Å². The van der Waals surface area contributed by atoms with Crippen LogP contribution in [0.5, 0.6) is 0 Å². The molecule has 1 saturated carbocycles. The second-order valence-corrected chi connectivity index (χ2v) is 10.6. The summed E-state index contributed by atoms with van der Waals surface area (Å²) in [5.74, 6) is -0.0678. The van der Waals surface area contributed by atoms with Crippen LogP contribution in [0.25, 0.3) is 0 Å². The molecule has 0 bridgehead atoms. The first-order valence-electron chi connectivity index (χ1n) is 10.2. The van der Waals surface area contributed by atoms with Gasteiger partial charge in [0.15, 0.2) is 0 Å². The van der Waals surface area contributed by atoms with Gasteiger partial charge in [-0.1, -0.05) is 18.2 Å². The van der Waals surface area contributed by atoms with Gasteiger partial charge < -0.3 is 10.6 Å². The van der Waals surface area contributed by atoms with Gasteiger partial charge >= 0.3 is 0 Å². The van der Waals surface area contributed by atoms with Crippen LogP contribution in [-0.4, -0.2) is 20.2 Å². The van der Waals surface area contributed by atoms with Crippen molar-refractivity contribution in [2.24, 2.45) is 5.92 Å². The molecular weight excluding hydrogens is 446 g/mol. The number of nitrogens with one attached hydrogen (secondary N) is 3. The summed E-state index contributed by atoms with van der Waals surface area (Å²) in [7, 11) is -3.63. The van der Waals surface area contributed by atoms with Gasteiger partial charge in [-0.15, -0.1) is 11.3 Å². The van der Waals surface area contributed by atoms with E-state index in [0.29, 0.717) is 11.3 Å². The number of sulfonamides is 1. The van der Waals surface area contributed by atoms with Gasteiger partial charge in [-0.2, -0.15) is 0 Å². The lowest BCUT2D eigenvalue weighted by Gasteiger charge is -2.15. The summed E-state index contributed by atoms with van der Waals surface area (Å²) in [6.07, 6.45) is 1.91. The third-order valence-electron chi connectivity index (χ3n) is 5.13. The fourth-order valence-corrected chi connectivity index (χ4v) is 5.17. The normalized spacial score (nSPS) is 14.4. The predicted octanol–water partition coefficient (Wildman–Crippen LogP) is 4.39. The summed E-state index contributed by atoms with van der Waals surface area (Å²) in [5.41, 5.74) is 2.45. The number of rotatable bonds is 8. The van der Waals surface area contributed by atoms with Gasteiger partial charge in [-0.25, -0.2) is 8.42 Å². The Morgan fingerprint density at radius 2 is 1.62 bits per heavy atom. The van der Waals surface area contributed by atoms with Gasteiger partial charge in [0, 0.05) is 22.9 Å². The molecule has 1 aliphatic carbocycles. The molecular formula is C23H23N3O4S2. The second-order valence-electron chi connectivity index (χ2n) is 7.70. The van der Waals surface area contributed by atoms with Gasteiger partial charge in [0.2, 0.25) is 5.91 Å². The molecule has 1 unspecified atom stereocenters. The third-order valence-corrected chi connectivity index (χ3v) is 7.91. The minimum atomic E-state index is -3.63. The van der Waals surface area contributed by atoms with Crippen molar-refractivity contribution in [1.82, 2.24) is 5.32 Å². The molecule has 0 spiro atoms. The molecule has 2 amide bonds. The largest absolute Gasteiger partial charge is 0.346 e. The molecule has 7 nitrogen and oxygen atoms in total. The molecule has 4 rings (SSSR count). The van der Waals surface area contributed by atoms with Crippen LogP contribution in [0.2, 0.25) is 0 Å². The molecule has 1 aliphatic rings. The Morgan fingerprint density at radius 1 is 0.969 bits per heavy atom. The highest BCUT2D eigenvalue weighted by molar-refractivity contribution is 7.94. The van der Waals surface area contributed by atoms with Crippen LogP contribution in [0.1, 0.15) is 41.7 Å². The molecule has 166 valence electrons. The lowest BCUT2D eigenvalue weighted by molar-refractivity contribution is -0.117. The Labute approximate surface area is 190 Å². The van der Waals surface area contributed by atoms with Crippen LogP contribution >= 0.6 is 11.3 Å². The molecule has 2 aromatic carbocycles. The second kappa shape index (κ2) is 9.13. The fraction of sp³-hybridized carbons (Fsp3) is 0.217. The Balaban J connectivity index is 1.34. The number of hydrogen-bond donors (Lipinski definition) is 3. The van der Waals surface area contributed by atoms with E-state index in [-0.39, 0.29) is 28.0 Å². The summed E-state index contributed by atoms with van der Waals surface area (Å²) in [5, 5.41) is 7.52. The molecule has 9 heteroatoms. The van der Waals surface area contributed by atoms with Gasteiger partial charge in [0.1, 0.15) is 4.21 Å². The standard InChI is InChI=1S/C23H23N3O4S2/c1-15(16-6-10-19(11-7-16)25-23(28)17-4-5-17)24-22(27)18-8-12-20(13-9-18)26-32(29,30)21-3-2-14-31-21/h2-3,6-15,17,26H,4-5H2,1H3,(H,24,27)(H,25,28). The zero-order valence-electron chi connectivity index (χ0n) is 17.4. The highest BCUT2D eigenvalue weighted by Crippen LogP contribution is 2.30. The van der Waals surface area contributed by atoms with E-state index in [1.807, 2.05) is 31.2 Å². The average molecular weight is 470 g/mol. The molecule has 0 radical (unpaired) electrons. The average Bonchev–Trinajstić information content (AvgIpc) is 3.47. The van der Waals surface area contributed by atoms with Crippen LogP contribution in [0.15, 0.2) is 70.3 Å². The Hall–Kier alpha value is -3.17. The zero-order valence-corrected chi connectivity index (χ0v) is 19.0. The molecule has 3 aromatic rings. The van der Waals surface area contributed by atoms with E-state index in [0.717, 1.165) is 35.4 Å². The summed E-state index contributed by atoms with van der Waals surface area (Å²) in [4.78, 5) is 24.5. The number of thiophene rings is 1. The van der Waals surface area contributed by atoms with Crippen molar-refractivity contribution in [3.8, 4) is 0 Å². The van der Waals surface area contributed by atoms with Crippen molar-refractivity contribution in [3.63, 3.8) is 0 Å². The van der Waals surface area contributed by atoms with Gasteiger partial charge in [-0.05, 0) is 73.2 Å². The summed E-state index contributed by atoms with van der Waals surface area (Å²) in [6, 6.07) is 16.6. The maximum Gasteiger partial charge on any atom is 0.271 e. The van der Waals surface area contributed by atoms with Crippen molar-refractivity contribution in [2.75, 3.05) is 10.0 Å². The third kappa shape index (κ3) is 5.35. The minimum Gasteiger partial charge on any atom is -0.346 e. The maximum atomic E-state index is 12.6. The highest BCUT2D eigenvalue weighted by atomic mass is 32.2. The number of benzene rings is 2. The molecule has 1 aromatic heterocycles. The molecule has 0 aliphatic heterocycles. The molecule has 1 fully saturated rings. The summed E-state index contributed by atoms with van der Waals surface area (Å²) in [6.45, 7) is 1.87. The fourth-order valence-electron chi connectivity index (χ4n) is 3.12. The van der Waals surface area contributed by atoms with E-state index in [2.05, 4.69) is 15.4 Å².